The molecule has 1 spiro atoms. The van der Waals surface area contributed by atoms with Crippen molar-refractivity contribution in [1.82, 2.24) is 0 Å². The predicted molar refractivity (Wildman–Crippen MR) is 196 cm³/mol. The van der Waals surface area contributed by atoms with E-state index in [9.17, 15) is 0 Å². The van der Waals surface area contributed by atoms with E-state index in [1.165, 1.54) is 96.4 Å². The largest absolute Gasteiger partial charge is 0.497 e. The second-order valence-electron chi connectivity index (χ2n) is 14.0. The number of nitrogens with zero attached hydrogens (tertiary/aromatic N) is 1. The van der Waals surface area contributed by atoms with Gasteiger partial charge >= 0.3 is 0 Å². The van der Waals surface area contributed by atoms with Crippen molar-refractivity contribution >= 4 is 22.5 Å². The van der Waals surface area contributed by atoms with Gasteiger partial charge in [0.15, 0.2) is 5.60 Å². The van der Waals surface area contributed by atoms with Crippen LogP contribution in [0, 0.1) is 0 Å². The molecule has 0 amide bonds. The van der Waals surface area contributed by atoms with Gasteiger partial charge in [0.2, 0.25) is 0 Å². The molecule has 3 heteroatoms. The number of benzene rings is 5. The summed E-state index contributed by atoms with van der Waals surface area (Å²) >= 11 is 0. The highest BCUT2D eigenvalue weighted by atomic mass is 16.5. The highest BCUT2D eigenvalue weighted by molar-refractivity contribution is 6.08. The second-order valence-corrected chi connectivity index (χ2v) is 14.0. The standard InChI is InChI=1S/C44H45NO2/c1-45(2)33-23-19-31(20-24-33)44(32-21-25-34(46-3)26-22-32)30-27-38-41-40(35-15-9-10-16-36(35)42(38)47-44)37-17-11-12-18-39(37)43(41)28-13-7-5-4-6-8-14-29-43/h9-12,15-27,30H,4-8,13-14,28-29H2,1-3H3. The molecular weight excluding hydrogens is 574 g/mol. The monoisotopic (exact) mass is 619 g/mol. The Bertz CT molecular complexity index is 1940. The fourth-order valence-electron chi connectivity index (χ4n) is 8.83. The van der Waals surface area contributed by atoms with Gasteiger partial charge in [-0.1, -0.05) is 124 Å². The van der Waals surface area contributed by atoms with Crippen molar-refractivity contribution in [1.29, 1.82) is 0 Å². The van der Waals surface area contributed by atoms with E-state index in [4.69, 9.17) is 9.47 Å². The van der Waals surface area contributed by atoms with E-state index in [1.54, 1.807) is 7.11 Å². The van der Waals surface area contributed by atoms with Gasteiger partial charge in [0.05, 0.1) is 7.11 Å². The minimum absolute atomic E-state index is 0.0153. The predicted octanol–water partition coefficient (Wildman–Crippen LogP) is 11.1. The van der Waals surface area contributed by atoms with Crippen LogP contribution in [-0.2, 0) is 11.0 Å². The van der Waals surface area contributed by atoms with Crippen molar-refractivity contribution in [3.63, 3.8) is 0 Å². The van der Waals surface area contributed by atoms with Gasteiger partial charge in [-0.2, -0.15) is 0 Å². The summed E-state index contributed by atoms with van der Waals surface area (Å²) in [7, 11) is 5.89. The van der Waals surface area contributed by atoms with Gasteiger partial charge in [0.1, 0.15) is 11.5 Å². The molecule has 1 fully saturated rings. The zero-order valence-electron chi connectivity index (χ0n) is 28.0. The van der Waals surface area contributed by atoms with Crippen molar-refractivity contribution in [3.8, 4) is 22.6 Å². The molecule has 1 saturated carbocycles. The first-order chi connectivity index (χ1) is 23.1. The molecule has 3 aliphatic rings. The highest BCUT2D eigenvalue weighted by Crippen LogP contribution is 2.61. The van der Waals surface area contributed by atoms with Crippen molar-refractivity contribution in [3.05, 3.63) is 131 Å². The Morgan fingerprint density at radius 3 is 1.91 bits per heavy atom. The van der Waals surface area contributed by atoms with Crippen LogP contribution >= 0.6 is 0 Å². The summed E-state index contributed by atoms with van der Waals surface area (Å²) in [5.41, 5.74) is 9.67. The minimum Gasteiger partial charge on any atom is -0.497 e. The summed E-state index contributed by atoms with van der Waals surface area (Å²) in [6.45, 7) is 0. The number of ether oxygens (including phenoxy) is 2. The van der Waals surface area contributed by atoms with Crippen molar-refractivity contribution in [2.24, 2.45) is 0 Å². The molecule has 0 N–H and O–H groups in total. The van der Waals surface area contributed by atoms with Crippen LogP contribution in [0.2, 0.25) is 0 Å². The summed E-state index contributed by atoms with van der Waals surface area (Å²) < 4.78 is 13.2. The summed E-state index contributed by atoms with van der Waals surface area (Å²) in [6.07, 6.45) is 16.3. The molecule has 0 bridgehead atoms. The molecule has 0 saturated heterocycles. The molecule has 238 valence electrons. The molecule has 1 heterocycles. The molecular formula is C44H45NO2. The van der Waals surface area contributed by atoms with Crippen LogP contribution in [0.15, 0.2) is 103 Å². The van der Waals surface area contributed by atoms with Crippen molar-refractivity contribution in [2.75, 3.05) is 26.1 Å². The number of hydrogen-bond acceptors (Lipinski definition) is 3. The van der Waals surface area contributed by atoms with Crippen LogP contribution in [0.3, 0.4) is 0 Å². The van der Waals surface area contributed by atoms with E-state index in [0.717, 1.165) is 28.3 Å². The lowest BCUT2D eigenvalue weighted by Gasteiger charge is -2.40. The smallest absolute Gasteiger partial charge is 0.178 e. The Balaban J connectivity index is 1.39. The van der Waals surface area contributed by atoms with Gasteiger partial charge < -0.3 is 14.4 Å². The molecule has 1 atom stereocenters. The molecule has 47 heavy (non-hydrogen) atoms. The molecule has 5 aromatic rings. The summed E-state index contributed by atoms with van der Waals surface area (Å²) in [4.78, 5) is 2.14. The Morgan fingerprint density at radius 1 is 0.660 bits per heavy atom. The number of fused-ring (bicyclic) bond motifs is 10. The maximum absolute atomic E-state index is 7.60. The molecule has 3 nitrogen and oxygen atoms in total. The van der Waals surface area contributed by atoms with Crippen LogP contribution in [0.4, 0.5) is 5.69 Å². The molecule has 2 aliphatic carbocycles. The van der Waals surface area contributed by atoms with Gasteiger partial charge in [-0.05, 0) is 70.8 Å². The van der Waals surface area contributed by atoms with Gasteiger partial charge in [-0.25, -0.2) is 0 Å². The van der Waals surface area contributed by atoms with Crippen molar-refractivity contribution in [2.45, 2.75) is 68.8 Å². The minimum atomic E-state index is -0.796. The maximum Gasteiger partial charge on any atom is 0.178 e. The topological polar surface area (TPSA) is 21.7 Å². The zero-order chi connectivity index (χ0) is 32.0. The summed E-state index contributed by atoms with van der Waals surface area (Å²) in [5, 5.41) is 2.48. The van der Waals surface area contributed by atoms with Gasteiger partial charge in [-0.15, -0.1) is 0 Å². The number of methoxy groups -OCH3 is 1. The summed E-state index contributed by atoms with van der Waals surface area (Å²) in [5.74, 6) is 1.84. The quantitative estimate of drug-likeness (QED) is 0.200. The van der Waals surface area contributed by atoms with E-state index in [2.05, 4.69) is 116 Å². The van der Waals surface area contributed by atoms with Crippen LogP contribution in [0.25, 0.3) is 28.0 Å². The first-order valence-electron chi connectivity index (χ1n) is 17.6. The second kappa shape index (κ2) is 11.9. The molecule has 0 aromatic heterocycles. The first-order valence-corrected chi connectivity index (χ1v) is 17.6. The molecule has 8 rings (SSSR count). The SMILES string of the molecule is COc1ccc(C2(c3ccc(N(C)C)cc3)C=Cc3c4c(c5ccccc5c3O2)-c2ccccc2C42CCCCCCCCC2)cc1. The Kier molecular flexibility index (Phi) is 7.59. The number of hydrogen-bond donors (Lipinski definition) is 0. The lowest BCUT2D eigenvalue weighted by atomic mass is 9.68. The summed E-state index contributed by atoms with van der Waals surface area (Å²) in [6, 6.07) is 35.5. The molecule has 5 aromatic carbocycles. The third-order valence-corrected chi connectivity index (χ3v) is 11.2. The fourth-order valence-corrected chi connectivity index (χ4v) is 8.83. The molecule has 1 aliphatic heterocycles. The normalized spacial score (nSPS) is 19.8. The fraction of sp³-hybridized carbons (Fsp3) is 0.318. The third kappa shape index (κ3) is 4.77. The molecule has 0 radical (unpaired) electrons. The number of anilines is 1. The van der Waals surface area contributed by atoms with E-state index in [0.29, 0.717) is 0 Å². The van der Waals surface area contributed by atoms with Crippen LogP contribution in [0.5, 0.6) is 11.5 Å². The molecule has 1 unspecified atom stereocenters. The number of rotatable bonds is 4. The average molecular weight is 620 g/mol. The lowest BCUT2D eigenvalue weighted by molar-refractivity contribution is 0.163. The average Bonchev–Trinajstić information content (AvgIpc) is 3.41. The van der Waals surface area contributed by atoms with Gasteiger partial charge in [0, 0.05) is 47.3 Å². The van der Waals surface area contributed by atoms with E-state index in [1.807, 2.05) is 12.1 Å². The van der Waals surface area contributed by atoms with Crippen molar-refractivity contribution < 1.29 is 9.47 Å². The third-order valence-electron chi connectivity index (χ3n) is 11.2. The van der Waals surface area contributed by atoms with E-state index in [-0.39, 0.29) is 5.41 Å². The first kappa shape index (κ1) is 29.9. The van der Waals surface area contributed by atoms with E-state index >= 15 is 0 Å². The zero-order valence-corrected chi connectivity index (χ0v) is 28.0. The van der Waals surface area contributed by atoms with Gasteiger partial charge in [-0.3, -0.25) is 0 Å². The Hall–Kier alpha value is -4.50. The lowest BCUT2D eigenvalue weighted by Crippen LogP contribution is -2.35. The Labute approximate surface area is 279 Å². The highest BCUT2D eigenvalue weighted by Gasteiger charge is 2.47. The van der Waals surface area contributed by atoms with E-state index < -0.39 is 5.60 Å². The van der Waals surface area contributed by atoms with Crippen LogP contribution in [0.1, 0.15) is 85.6 Å². The van der Waals surface area contributed by atoms with Crippen LogP contribution in [-0.4, -0.2) is 21.2 Å². The van der Waals surface area contributed by atoms with Crippen LogP contribution < -0.4 is 14.4 Å². The maximum atomic E-state index is 7.60. The Morgan fingerprint density at radius 2 is 1.26 bits per heavy atom. The van der Waals surface area contributed by atoms with Gasteiger partial charge in [0.25, 0.3) is 0 Å².